The Morgan fingerprint density at radius 2 is 1.73 bits per heavy atom. The molecule has 1 saturated heterocycles. The van der Waals surface area contributed by atoms with Gasteiger partial charge in [-0.1, -0.05) is 6.42 Å². The third-order valence-electron chi connectivity index (χ3n) is 2.57. The third kappa shape index (κ3) is 2.80. The Balaban J connectivity index is 1.94. The quantitative estimate of drug-likeness (QED) is 0.709. The van der Waals surface area contributed by atoms with Gasteiger partial charge in [-0.05, 0) is 37.1 Å². The van der Waals surface area contributed by atoms with Crippen molar-refractivity contribution in [3.8, 4) is 5.75 Å². The molecule has 0 atom stereocenters. The number of rotatable bonds is 3. The minimum atomic E-state index is 0.681. The van der Waals surface area contributed by atoms with Gasteiger partial charge in [0, 0.05) is 18.7 Å². The molecule has 1 aromatic rings. The number of hydrogen-bond acceptors (Lipinski definition) is 3. The summed E-state index contributed by atoms with van der Waals surface area (Å²) in [5, 5.41) is 1.99. The fraction of sp³-hybridized carbons (Fsp3) is 0.417. The number of aldehydes is 1. The molecule has 3 nitrogen and oxygen atoms in total. The summed E-state index contributed by atoms with van der Waals surface area (Å²) in [5.74, 6) is 0.808. The summed E-state index contributed by atoms with van der Waals surface area (Å²) in [6, 6.07) is 7.20. The first kappa shape index (κ1) is 10.2. The van der Waals surface area contributed by atoms with Crippen LogP contribution in [0.4, 0.5) is 0 Å². The van der Waals surface area contributed by atoms with Gasteiger partial charge in [0.2, 0.25) is 0 Å². The first-order chi connectivity index (χ1) is 7.38. The maximum absolute atomic E-state index is 10.5. The predicted octanol–water partition coefficient (Wildman–Crippen LogP) is 2.28. The fourth-order valence-corrected chi connectivity index (χ4v) is 1.71. The molecule has 0 N–H and O–H groups in total. The van der Waals surface area contributed by atoms with Crippen LogP contribution < -0.4 is 4.84 Å². The predicted molar refractivity (Wildman–Crippen MR) is 57.9 cm³/mol. The molecule has 15 heavy (non-hydrogen) atoms. The molecule has 0 spiro atoms. The standard InChI is InChI=1S/C12H15NO2/c14-10-11-4-6-12(7-5-11)15-13-8-2-1-3-9-13/h4-7,10H,1-3,8-9H2. The van der Waals surface area contributed by atoms with Gasteiger partial charge in [0.25, 0.3) is 0 Å². The van der Waals surface area contributed by atoms with E-state index >= 15 is 0 Å². The van der Waals surface area contributed by atoms with Crippen molar-refractivity contribution in [1.82, 2.24) is 5.06 Å². The second kappa shape index (κ2) is 4.94. The van der Waals surface area contributed by atoms with Crippen LogP contribution in [0.3, 0.4) is 0 Å². The molecule has 1 aliphatic rings. The van der Waals surface area contributed by atoms with Crippen molar-refractivity contribution < 1.29 is 9.63 Å². The van der Waals surface area contributed by atoms with Gasteiger partial charge >= 0.3 is 0 Å². The zero-order valence-corrected chi connectivity index (χ0v) is 8.69. The van der Waals surface area contributed by atoms with E-state index in [2.05, 4.69) is 0 Å². The van der Waals surface area contributed by atoms with Gasteiger partial charge in [-0.2, -0.15) is 0 Å². The van der Waals surface area contributed by atoms with Crippen molar-refractivity contribution >= 4 is 6.29 Å². The zero-order valence-electron chi connectivity index (χ0n) is 8.69. The number of piperidine rings is 1. The summed E-state index contributed by atoms with van der Waals surface area (Å²) >= 11 is 0. The van der Waals surface area contributed by atoms with E-state index in [9.17, 15) is 4.79 Å². The lowest BCUT2D eigenvalue weighted by Gasteiger charge is -2.25. The normalized spacial score (nSPS) is 17.3. The SMILES string of the molecule is O=Cc1ccc(ON2CCCCC2)cc1. The molecule has 0 aliphatic carbocycles. The van der Waals surface area contributed by atoms with E-state index in [-0.39, 0.29) is 0 Å². The third-order valence-corrected chi connectivity index (χ3v) is 2.57. The van der Waals surface area contributed by atoms with Gasteiger partial charge in [-0.3, -0.25) is 4.79 Å². The zero-order chi connectivity index (χ0) is 10.5. The van der Waals surface area contributed by atoms with Crippen molar-refractivity contribution in [1.29, 1.82) is 0 Å². The molecule has 0 radical (unpaired) electrons. The maximum atomic E-state index is 10.5. The first-order valence-corrected chi connectivity index (χ1v) is 5.36. The highest BCUT2D eigenvalue weighted by molar-refractivity contribution is 5.74. The number of hydroxylamine groups is 2. The average Bonchev–Trinajstić information content (AvgIpc) is 2.31. The van der Waals surface area contributed by atoms with Gasteiger partial charge in [-0.15, -0.1) is 5.06 Å². The smallest absolute Gasteiger partial charge is 0.150 e. The van der Waals surface area contributed by atoms with E-state index < -0.39 is 0 Å². The second-order valence-electron chi connectivity index (χ2n) is 3.77. The van der Waals surface area contributed by atoms with Crippen molar-refractivity contribution in [3.63, 3.8) is 0 Å². The molecule has 1 heterocycles. The van der Waals surface area contributed by atoms with E-state index in [1.54, 1.807) is 12.1 Å². The van der Waals surface area contributed by atoms with Crippen LogP contribution >= 0.6 is 0 Å². The number of carbonyl (C=O) groups excluding carboxylic acids is 1. The molecule has 80 valence electrons. The molecule has 0 unspecified atom stereocenters. The second-order valence-corrected chi connectivity index (χ2v) is 3.77. The molecule has 1 fully saturated rings. The van der Waals surface area contributed by atoms with Crippen LogP contribution in [0.25, 0.3) is 0 Å². The van der Waals surface area contributed by atoms with Crippen LogP contribution in [0.2, 0.25) is 0 Å². The largest absolute Gasteiger partial charge is 0.406 e. The summed E-state index contributed by atoms with van der Waals surface area (Å²) in [4.78, 5) is 16.1. The lowest BCUT2D eigenvalue weighted by Crippen LogP contribution is -2.32. The fourth-order valence-electron chi connectivity index (χ4n) is 1.71. The number of nitrogens with zero attached hydrogens (tertiary/aromatic N) is 1. The Kier molecular flexibility index (Phi) is 3.35. The molecule has 0 aromatic heterocycles. The molecule has 1 aromatic carbocycles. The lowest BCUT2D eigenvalue weighted by molar-refractivity contribution is -0.0719. The van der Waals surface area contributed by atoms with Gasteiger partial charge in [0.05, 0.1) is 0 Å². The molecule has 1 aliphatic heterocycles. The Bertz CT molecular complexity index is 315. The molecular formula is C12H15NO2. The highest BCUT2D eigenvalue weighted by Gasteiger charge is 2.11. The Morgan fingerprint density at radius 1 is 1.07 bits per heavy atom. The van der Waals surface area contributed by atoms with Crippen LogP contribution in [-0.2, 0) is 0 Å². The van der Waals surface area contributed by atoms with Crippen molar-refractivity contribution in [2.75, 3.05) is 13.1 Å². The topological polar surface area (TPSA) is 29.5 Å². The van der Waals surface area contributed by atoms with Gasteiger partial charge in [0.1, 0.15) is 12.0 Å². The number of hydrogen-bond donors (Lipinski definition) is 0. The van der Waals surface area contributed by atoms with Crippen LogP contribution in [0, 0.1) is 0 Å². The molecule has 3 heteroatoms. The monoisotopic (exact) mass is 205 g/mol. The molecule has 2 rings (SSSR count). The van der Waals surface area contributed by atoms with Crippen molar-refractivity contribution in [2.24, 2.45) is 0 Å². The van der Waals surface area contributed by atoms with Gasteiger partial charge in [0.15, 0.2) is 0 Å². The van der Waals surface area contributed by atoms with Gasteiger partial charge < -0.3 is 4.84 Å². The molecule has 0 bridgehead atoms. The highest BCUT2D eigenvalue weighted by Crippen LogP contribution is 2.16. The lowest BCUT2D eigenvalue weighted by atomic mass is 10.2. The molecule has 0 saturated carbocycles. The highest BCUT2D eigenvalue weighted by atomic mass is 16.7. The van der Waals surface area contributed by atoms with Crippen molar-refractivity contribution in [2.45, 2.75) is 19.3 Å². The van der Waals surface area contributed by atoms with Crippen LogP contribution in [0.5, 0.6) is 5.75 Å². The van der Waals surface area contributed by atoms with E-state index in [1.807, 2.05) is 17.2 Å². The van der Waals surface area contributed by atoms with Gasteiger partial charge in [-0.25, -0.2) is 0 Å². The van der Waals surface area contributed by atoms with E-state index in [0.717, 1.165) is 25.1 Å². The summed E-state index contributed by atoms with van der Waals surface area (Å²) in [6.07, 6.45) is 4.54. The number of benzene rings is 1. The Morgan fingerprint density at radius 3 is 2.33 bits per heavy atom. The minimum absolute atomic E-state index is 0.681. The first-order valence-electron chi connectivity index (χ1n) is 5.36. The van der Waals surface area contributed by atoms with Crippen LogP contribution in [0.1, 0.15) is 29.6 Å². The summed E-state index contributed by atoms with van der Waals surface area (Å²) in [6.45, 7) is 1.99. The summed E-state index contributed by atoms with van der Waals surface area (Å²) in [7, 11) is 0. The van der Waals surface area contributed by atoms with Crippen LogP contribution in [0.15, 0.2) is 24.3 Å². The van der Waals surface area contributed by atoms with Crippen LogP contribution in [-0.4, -0.2) is 24.4 Å². The van der Waals surface area contributed by atoms with E-state index in [4.69, 9.17) is 4.84 Å². The Labute approximate surface area is 89.6 Å². The average molecular weight is 205 g/mol. The number of carbonyl (C=O) groups is 1. The summed E-state index contributed by atoms with van der Waals surface area (Å²) in [5.41, 5.74) is 0.681. The molecule has 0 amide bonds. The molecular weight excluding hydrogens is 190 g/mol. The minimum Gasteiger partial charge on any atom is -0.406 e. The van der Waals surface area contributed by atoms with E-state index in [1.165, 1.54) is 19.3 Å². The Hall–Kier alpha value is -1.35. The summed E-state index contributed by atoms with van der Waals surface area (Å²) < 4.78 is 0. The van der Waals surface area contributed by atoms with E-state index in [0.29, 0.717) is 5.56 Å². The maximum Gasteiger partial charge on any atom is 0.150 e. The van der Waals surface area contributed by atoms with Crippen molar-refractivity contribution in [3.05, 3.63) is 29.8 Å².